The number of aryl methyl sites for hydroxylation is 1. The summed E-state index contributed by atoms with van der Waals surface area (Å²) in [5.41, 5.74) is 4.00. The third kappa shape index (κ3) is 3.06. The molecule has 0 atom stereocenters. The largest absolute Gasteiger partial charge is 0.488 e. The fraction of sp³-hybridized carbons (Fsp3) is 0.211. The molecule has 2 aromatic rings. The van der Waals surface area contributed by atoms with Gasteiger partial charge in [-0.05, 0) is 37.1 Å². The van der Waals surface area contributed by atoms with E-state index in [1.807, 2.05) is 50.2 Å². The second kappa shape index (κ2) is 6.16. The molecule has 1 N–H and O–H groups in total. The van der Waals surface area contributed by atoms with E-state index in [4.69, 9.17) is 14.6 Å². The van der Waals surface area contributed by atoms with Gasteiger partial charge in [0.05, 0.1) is 5.57 Å². The summed E-state index contributed by atoms with van der Waals surface area (Å²) in [7, 11) is 0. The second-order valence-corrected chi connectivity index (χ2v) is 5.60. The molecule has 0 aromatic heterocycles. The zero-order valence-corrected chi connectivity index (χ0v) is 13.1. The minimum atomic E-state index is -0.947. The summed E-state index contributed by atoms with van der Waals surface area (Å²) in [5, 5.41) is 9.12. The van der Waals surface area contributed by atoms with Crippen LogP contribution in [0.2, 0.25) is 0 Å². The smallest absolute Gasteiger partial charge is 0.335 e. The summed E-state index contributed by atoms with van der Waals surface area (Å²) in [4.78, 5) is 11.1. The molecule has 118 valence electrons. The van der Waals surface area contributed by atoms with Crippen LogP contribution in [-0.2, 0) is 11.4 Å². The predicted molar refractivity (Wildman–Crippen MR) is 87.8 cm³/mol. The number of carbonyl (C=O) groups is 1. The van der Waals surface area contributed by atoms with Crippen LogP contribution in [0.3, 0.4) is 0 Å². The number of hydrogen-bond donors (Lipinski definition) is 1. The van der Waals surface area contributed by atoms with Gasteiger partial charge >= 0.3 is 5.97 Å². The topological polar surface area (TPSA) is 55.8 Å². The van der Waals surface area contributed by atoms with E-state index >= 15 is 0 Å². The van der Waals surface area contributed by atoms with Crippen LogP contribution < -0.4 is 9.47 Å². The van der Waals surface area contributed by atoms with Gasteiger partial charge in [0.1, 0.15) is 24.7 Å². The molecule has 1 heterocycles. The molecule has 0 aliphatic carbocycles. The maximum Gasteiger partial charge on any atom is 0.335 e. The maximum absolute atomic E-state index is 11.1. The SMILES string of the molecule is Cc1cc(OCc2ccccc2)c(C)c2c1C=C(C(=O)O)CO2. The first-order chi connectivity index (χ1) is 11.1. The predicted octanol–water partition coefficient (Wildman–Crippen LogP) is 3.74. The van der Waals surface area contributed by atoms with Crippen molar-refractivity contribution in [2.45, 2.75) is 20.5 Å². The van der Waals surface area contributed by atoms with E-state index in [1.54, 1.807) is 6.08 Å². The lowest BCUT2D eigenvalue weighted by molar-refractivity contribution is -0.132. The molecular formula is C19H18O4. The zero-order chi connectivity index (χ0) is 16.4. The highest BCUT2D eigenvalue weighted by Gasteiger charge is 2.22. The van der Waals surface area contributed by atoms with Crippen molar-refractivity contribution < 1.29 is 19.4 Å². The Hall–Kier alpha value is -2.75. The van der Waals surface area contributed by atoms with Crippen LogP contribution >= 0.6 is 0 Å². The van der Waals surface area contributed by atoms with Crippen LogP contribution in [0.25, 0.3) is 6.08 Å². The highest BCUT2D eigenvalue weighted by molar-refractivity contribution is 5.94. The number of carboxylic acids is 1. The molecule has 4 heteroatoms. The summed E-state index contributed by atoms with van der Waals surface area (Å²) in [6.45, 7) is 4.41. The zero-order valence-electron chi connectivity index (χ0n) is 13.1. The Bertz CT molecular complexity index is 776. The number of benzene rings is 2. The first-order valence-electron chi connectivity index (χ1n) is 7.44. The average molecular weight is 310 g/mol. The van der Waals surface area contributed by atoms with Crippen molar-refractivity contribution in [1.82, 2.24) is 0 Å². The fourth-order valence-electron chi connectivity index (χ4n) is 2.62. The van der Waals surface area contributed by atoms with Crippen LogP contribution in [-0.4, -0.2) is 17.7 Å². The summed E-state index contributed by atoms with van der Waals surface area (Å²) >= 11 is 0. The van der Waals surface area contributed by atoms with Gasteiger partial charge < -0.3 is 14.6 Å². The molecule has 0 spiro atoms. The normalized spacial score (nSPS) is 12.9. The van der Waals surface area contributed by atoms with Gasteiger partial charge in [0.25, 0.3) is 0 Å². The number of carboxylic acid groups (broad SMARTS) is 1. The van der Waals surface area contributed by atoms with Gasteiger partial charge in [0, 0.05) is 11.1 Å². The molecule has 3 rings (SSSR count). The van der Waals surface area contributed by atoms with Gasteiger partial charge in [0.15, 0.2) is 0 Å². The van der Waals surface area contributed by atoms with Gasteiger partial charge in [-0.2, -0.15) is 0 Å². The van der Waals surface area contributed by atoms with Crippen molar-refractivity contribution in [2.24, 2.45) is 0 Å². The van der Waals surface area contributed by atoms with Crippen LogP contribution in [0.1, 0.15) is 22.3 Å². The third-order valence-corrected chi connectivity index (χ3v) is 3.93. The molecule has 2 aromatic carbocycles. The van der Waals surface area contributed by atoms with E-state index in [9.17, 15) is 4.79 Å². The van der Waals surface area contributed by atoms with Gasteiger partial charge in [0.2, 0.25) is 0 Å². The number of hydrogen-bond acceptors (Lipinski definition) is 3. The molecule has 0 bridgehead atoms. The van der Waals surface area contributed by atoms with E-state index in [1.165, 1.54) is 0 Å². The molecule has 23 heavy (non-hydrogen) atoms. The number of aliphatic carboxylic acids is 1. The molecule has 0 unspecified atom stereocenters. The number of rotatable bonds is 4. The van der Waals surface area contributed by atoms with Crippen molar-refractivity contribution >= 4 is 12.0 Å². The Morgan fingerprint density at radius 2 is 2.00 bits per heavy atom. The Balaban J connectivity index is 1.90. The highest BCUT2D eigenvalue weighted by atomic mass is 16.5. The van der Waals surface area contributed by atoms with Gasteiger partial charge in [-0.25, -0.2) is 4.79 Å². The molecule has 0 saturated carbocycles. The van der Waals surface area contributed by atoms with E-state index in [0.717, 1.165) is 28.0 Å². The van der Waals surface area contributed by atoms with Crippen molar-refractivity contribution in [3.63, 3.8) is 0 Å². The van der Waals surface area contributed by atoms with Gasteiger partial charge in [-0.15, -0.1) is 0 Å². The van der Waals surface area contributed by atoms with E-state index in [-0.39, 0.29) is 12.2 Å². The lowest BCUT2D eigenvalue weighted by Gasteiger charge is -2.22. The van der Waals surface area contributed by atoms with Crippen molar-refractivity contribution in [3.8, 4) is 11.5 Å². The highest BCUT2D eigenvalue weighted by Crippen LogP contribution is 2.38. The first-order valence-corrected chi connectivity index (χ1v) is 7.44. The monoisotopic (exact) mass is 310 g/mol. The fourth-order valence-corrected chi connectivity index (χ4v) is 2.62. The molecule has 0 saturated heterocycles. The molecule has 1 aliphatic heterocycles. The van der Waals surface area contributed by atoms with Gasteiger partial charge in [-0.1, -0.05) is 30.3 Å². The lowest BCUT2D eigenvalue weighted by Crippen LogP contribution is -2.16. The van der Waals surface area contributed by atoms with Crippen LogP contribution in [0, 0.1) is 13.8 Å². The molecule has 0 radical (unpaired) electrons. The summed E-state index contributed by atoms with van der Waals surface area (Å²) < 4.78 is 11.6. The van der Waals surface area contributed by atoms with Crippen LogP contribution in [0.15, 0.2) is 42.0 Å². The molecular weight excluding hydrogens is 292 g/mol. The summed E-state index contributed by atoms with van der Waals surface area (Å²) in [5.74, 6) is 0.521. The minimum Gasteiger partial charge on any atom is -0.488 e. The Morgan fingerprint density at radius 3 is 2.70 bits per heavy atom. The number of fused-ring (bicyclic) bond motifs is 1. The molecule has 0 amide bonds. The molecule has 1 aliphatic rings. The Labute approximate surface area is 135 Å². The van der Waals surface area contributed by atoms with E-state index in [0.29, 0.717) is 12.4 Å². The molecule has 0 fully saturated rings. The minimum absolute atomic E-state index is 0.0742. The summed E-state index contributed by atoms with van der Waals surface area (Å²) in [6, 6.07) is 11.9. The lowest BCUT2D eigenvalue weighted by atomic mass is 9.98. The van der Waals surface area contributed by atoms with Crippen LogP contribution in [0.5, 0.6) is 11.5 Å². The average Bonchev–Trinajstić information content (AvgIpc) is 2.57. The van der Waals surface area contributed by atoms with E-state index < -0.39 is 5.97 Å². The molecule has 4 nitrogen and oxygen atoms in total. The summed E-state index contributed by atoms with van der Waals surface area (Å²) in [6.07, 6.45) is 1.68. The van der Waals surface area contributed by atoms with Gasteiger partial charge in [-0.3, -0.25) is 0 Å². The van der Waals surface area contributed by atoms with Crippen molar-refractivity contribution in [2.75, 3.05) is 6.61 Å². The second-order valence-electron chi connectivity index (χ2n) is 5.60. The standard InChI is InChI=1S/C19H18O4/c1-12-8-17(22-10-14-6-4-3-5-7-14)13(2)18-16(12)9-15(11-23-18)19(20)21/h3-9H,10-11H2,1-2H3,(H,20,21). The van der Waals surface area contributed by atoms with Crippen molar-refractivity contribution in [1.29, 1.82) is 0 Å². The third-order valence-electron chi connectivity index (χ3n) is 3.93. The van der Waals surface area contributed by atoms with Crippen LogP contribution in [0.4, 0.5) is 0 Å². The number of ether oxygens (including phenoxy) is 2. The van der Waals surface area contributed by atoms with E-state index in [2.05, 4.69) is 0 Å². The van der Waals surface area contributed by atoms with Crippen molar-refractivity contribution in [3.05, 3.63) is 64.2 Å². The first kappa shape index (κ1) is 15.2. The Kier molecular flexibility index (Phi) is 4.06. The quantitative estimate of drug-likeness (QED) is 0.934. The Morgan fingerprint density at radius 1 is 1.26 bits per heavy atom. The maximum atomic E-state index is 11.1.